The van der Waals surface area contributed by atoms with Gasteiger partial charge in [0.15, 0.2) is 0 Å². The summed E-state index contributed by atoms with van der Waals surface area (Å²) in [6.07, 6.45) is 4.94. The number of hydrogen-bond acceptors (Lipinski definition) is 4. The molecule has 0 bridgehead atoms. The zero-order valence-corrected chi connectivity index (χ0v) is 11.0. The van der Waals surface area contributed by atoms with Crippen LogP contribution in [0.3, 0.4) is 0 Å². The second-order valence-corrected chi connectivity index (χ2v) is 5.20. The normalized spacial score (nSPS) is 28.6. The molecule has 0 aliphatic carbocycles. The number of rotatable bonds is 5. The van der Waals surface area contributed by atoms with Gasteiger partial charge >= 0.3 is 0 Å². The quantitative estimate of drug-likeness (QED) is 0.728. The van der Waals surface area contributed by atoms with E-state index in [4.69, 9.17) is 15.2 Å². The van der Waals surface area contributed by atoms with Crippen LogP contribution < -0.4 is 5.73 Å². The van der Waals surface area contributed by atoms with Gasteiger partial charge < -0.3 is 20.1 Å². The van der Waals surface area contributed by atoms with Crippen LogP contribution in [0, 0.1) is 0 Å². The van der Waals surface area contributed by atoms with Crippen molar-refractivity contribution in [2.45, 2.75) is 44.2 Å². The van der Waals surface area contributed by atoms with E-state index in [0.29, 0.717) is 26.2 Å². The summed E-state index contributed by atoms with van der Waals surface area (Å²) in [6.45, 7) is 3.50. The smallest absolute Gasteiger partial charge is 0.224 e. The molecule has 5 heteroatoms. The Hall–Kier alpha value is -0.650. The SMILES string of the molecule is NC1CCCN(C(=O)CCOCC2CCCO2)C1. The molecule has 104 valence electrons. The summed E-state index contributed by atoms with van der Waals surface area (Å²) in [7, 11) is 0. The lowest BCUT2D eigenvalue weighted by Crippen LogP contribution is -2.45. The lowest BCUT2D eigenvalue weighted by Gasteiger charge is -2.30. The van der Waals surface area contributed by atoms with E-state index < -0.39 is 0 Å². The van der Waals surface area contributed by atoms with E-state index in [0.717, 1.165) is 38.8 Å². The van der Waals surface area contributed by atoms with E-state index in [2.05, 4.69) is 0 Å². The molecular weight excluding hydrogens is 232 g/mol. The number of ether oxygens (including phenoxy) is 2. The highest BCUT2D eigenvalue weighted by Gasteiger charge is 2.21. The average molecular weight is 256 g/mol. The van der Waals surface area contributed by atoms with Crippen molar-refractivity contribution in [1.82, 2.24) is 4.90 Å². The zero-order chi connectivity index (χ0) is 12.8. The molecule has 2 fully saturated rings. The Bertz CT molecular complexity index is 267. The zero-order valence-electron chi connectivity index (χ0n) is 11.0. The van der Waals surface area contributed by atoms with Crippen LogP contribution in [0.2, 0.25) is 0 Å². The van der Waals surface area contributed by atoms with Gasteiger partial charge in [0.2, 0.25) is 5.91 Å². The average Bonchev–Trinajstić information content (AvgIpc) is 2.87. The summed E-state index contributed by atoms with van der Waals surface area (Å²) in [5.41, 5.74) is 5.86. The summed E-state index contributed by atoms with van der Waals surface area (Å²) in [5.74, 6) is 0.164. The number of carbonyl (C=O) groups excluding carboxylic acids is 1. The van der Waals surface area contributed by atoms with Gasteiger partial charge in [-0.05, 0) is 25.7 Å². The third kappa shape index (κ3) is 4.23. The first-order valence-corrected chi connectivity index (χ1v) is 6.98. The van der Waals surface area contributed by atoms with E-state index >= 15 is 0 Å². The number of nitrogens with two attached hydrogens (primary N) is 1. The van der Waals surface area contributed by atoms with Gasteiger partial charge in [-0.15, -0.1) is 0 Å². The monoisotopic (exact) mass is 256 g/mol. The Kier molecular flexibility index (Phi) is 5.41. The van der Waals surface area contributed by atoms with Crippen molar-refractivity contribution in [3.8, 4) is 0 Å². The molecule has 0 spiro atoms. The van der Waals surface area contributed by atoms with E-state index in [1.165, 1.54) is 0 Å². The molecule has 2 rings (SSSR count). The molecule has 18 heavy (non-hydrogen) atoms. The fourth-order valence-corrected chi connectivity index (χ4v) is 2.54. The Morgan fingerprint density at radius 1 is 1.39 bits per heavy atom. The molecule has 2 aliphatic rings. The molecule has 2 N–H and O–H groups in total. The van der Waals surface area contributed by atoms with E-state index in [1.807, 2.05) is 4.90 Å². The minimum Gasteiger partial charge on any atom is -0.378 e. The van der Waals surface area contributed by atoms with E-state index in [9.17, 15) is 4.79 Å². The number of amides is 1. The molecule has 0 aromatic carbocycles. The van der Waals surface area contributed by atoms with Crippen molar-refractivity contribution in [2.24, 2.45) is 5.73 Å². The molecule has 0 radical (unpaired) electrons. The van der Waals surface area contributed by atoms with Crippen LogP contribution in [-0.4, -0.2) is 55.9 Å². The van der Waals surface area contributed by atoms with E-state index in [-0.39, 0.29) is 18.1 Å². The molecule has 0 aromatic heterocycles. The highest BCUT2D eigenvalue weighted by atomic mass is 16.5. The Balaban J connectivity index is 1.56. The van der Waals surface area contributed by atoms with Crippen LogP contribution in [0.25, 0.3) is 0 Å². The third-order valence-electron chi connectivity index (χ3n) is 3.60. The van der Waals surface area contributed by atoms with E-state index in [1.54, 1.807) is 0 Å². The van der Waals surface area contributed by atoms with Crippen molar-refractivity contribution in [3.63, 3.8) is 0 Å². The summed E-state index contributed by atoms with van der Waals surface area (Å²) in [6, 6.07) is 0.149. The van der Waals surface area contributed by atoms with Gasteiger partial charge in [0, 0.05) is 25.7 Å². The molecule has 2 atom stereocenters. The van der Waals surface area contributed by atoms with Crippen molar-refractivity contribution in [1.29, 1.82) is 0 Å². The maximum absolute atomic E-state index is 11.9. The fourth-order valence-electron chi connectivity index (χ4n) is 2.54. The second kappa shape index (κ2) is 7.07. The molecule has 0 saturated carbocycles. The fraction of sp³-hybridized carbons (Fsp3) is 0.923. The van der Waals surface area contributed by atoms with Crippen molar-refractivity contribution in [3.05, 3.63) is 0 Å². The minimum atomic E-state index is 0.149. The van der Waals surface area contributed by atoms with Crippen molar-refractivity contribution in [2.75, 3.05) is 32.9 Å². The van der Waals surface area contributed by atoms with Gasteiger partial charge in [0.25, 0.3) is 0 Å². The molecule has 2 aliphatic heterocycles. The van der Waals surface area contributed by atoms with Gasteiger partial charge in [-0.3, -0.25) is 4.79 Å². The number of likely N-dealkylation sites (tertiary alicyclic amines) is 1. The van der Waals surface area contributed by atoms with Gasteiger partial charge in [0.05, 0.1) is 25.7 Å². The summed E-state index contributed by atoms with van der Waals surface area (Å²) < 4.78 is 11.0. The van der Waals surface area contributed by atoms with Gasteiger partial charge in [-0.1, -0.05) is 0 Å². The largest absolute Gasteiger partial charge is 0.378 e. The number of nitrogens with zero attached hydrogens (tertiary/aromatic N) is 1. The molecule has 2 heterocycles. The standard InChI is InChI=1S/C13H24N2O3/c14-11-3-1-6-15(9-11)13(16)5-8-17-10-12-4-2-7-18-12/h11-12H,1-10,14H2. The second-order valence-electron chi connectivity index (χ2n) is 5.20. The van der Waals surface area contributed by atoms with Crippen molar-refractivity contribution < 1.29 is 14.3 Å². The number of piperidine rings is 1. The minimum absolute atomic E-state index is 0.149. The highest BCUT2D eigenvalue weighted by Crippen LogP contribution is 2.12. The lowest BCUT2D eigenvalue weighted by molar-refractivity contribution is -0.133. The maximum atomic E-state index is 11.9. The van der Waals surface area contributed by atoms with Crippen LogP contribution in [0.1, 0.15) is 32.1 Å². The molecule has 2 unspecified atom stereocenters. The molecular formula is C13H24N2O3. The predicted octanol–water partition coefficient (Wildman–Crippen LogP) is 0.522. The Morgan fingerprint density at radius 3 is 3.00 bits per heavy atom. The number of carbonyl (C=O) groups is 1. The molecule has 1 amide bonds. The van der Waals surface area contributed by atoms with Gasteiger partial charge in [0.1, 0.15) is 0 Å². The first kappa shape index (κ1) is 13.8. The van der Waals surface area contributed by atoms with Gasteiger partial charge in [-0.25, -0.2) is 0 Å². The Labute approximate surface area is 109 Å². The molecule has 2 saturated heterocycles. The Morgan fingerprint density at radius 2 is 2.28 bits per heavy atom. The molecule has 5 nitrogen and oxygen atoms in total. The number of hydrogen-bond donors (Lipinski definition) is 1. The van der Waals surface area contributed by atoms with Crippen LogP contribution in [0.15, 0.2) is 0 Å². The summed E-state index contributed by atoms with van der Waals surface area (Å²) in [4.78, 5) is 13.8. The highest BCUT2D eigenvalue weighted by molar-refractivity contribution is 5.76. The van der Waals surface area contributed by atoms with Crippen LogP contribution in [0.4, 0.5) is 0 Å². The lowest BCUT2D eigenvalue weighted by atomic mass is 10.1. The van der Waals surface area contributed by atoms with Crippen LogP contribution in [-0.2, 0) is 14.3 Å². The topological polar surface area (TPSA) is 64.8 Å². The summed E-state index contributed by atoms with van der Waals surface area (Å²) in [5, 5.41) is 0. The predicted molar refractivity (Wildman–Crippen MR) is 68.2 cm³/mol. The first-order chi connectivity index (χ1) is 8.75. The van der Waals surface area contributed by atoms with Crippen molar-refractivity contribution >= 4 is 5.91 Å². The molecule has 0 aromatic rings. The third-order valence-corrected chi connectivity index (χ3v) is 3.60. The first-order valence-electron chi connectivity index (χ1n) is 6.98. The van der Waals surface area contributed by atoms with Crippen LogP contribution in [0.5, 0.6) is 0 Å². The summed E-state index contributed by atoms with van der Waals surface area (Å²) >= 11 is 0. The maximum Gasteiger partial charge on any atom is 0.224 e. The van der Waals surface area contributed by atoms with Crippen LogP contribution >= 0.6 is 0 Å². The van der Waals surface area contributed by atoms with Gasteiger partial charge in [-0.2, -0.15) is 0 Å².